The van der Waals surface area contributed by atoms with E-state index < -0.39 is 0 Å². The first-order valence-electron chi connectivity index (χ1n) is 7.99. The van der Waals surface area contributed by atoms with Gasteiger partial charge in [-0.15, -0.1) is 11.3 Å². The van der Waals surface area contributed by atoms with Gasteiger partial charge in [0.05, 0.1) is 0 Å². The summed E-state index contributed by atoms with van der Waals surface area (Å²) in [5.41, 5.74) is 1.29. The Morgan fingerprint density at radius 1 is 1.09 bits per heavy atom. The quantitative estimate of drug-likeness (QED) is 0.675. The van der Waals surface area contributed by atoms with Crippen LogP contribution in [0.2, 0.25) is 0 Å². The molecule has 120 valence electrons. The highest BCUT2D eigenvalue weighted by Crippen LogP contribution is 2.16. The number of rotatable bonds is 10. The minimum atomic E-state index is 0.652. The molecule has 1 aromatic carbocycles. The molecular formula is C18H26N2OS. The fraction of sp³-hybridized carbons (Fsp3) is 0.444. The molecule has 0 fully saturated rings. The third-order valence-corrected chi connectivity index (χ3v) is 4.56. The van der Waals surface area contributed by atoms with Gasteiger partial charge in [-0.05, 0) is 42.2 Å². The zero-order chi connectivity index (χ0) is 15.6. The maximum atomic E-state index is 5.77. The van der Waals surface area contributed by atoms with Gasteiger partial charge in [0.2, 0.25) is 0 Å². The summed E-state index contributed by atoms with van der Waals surface area (Å²) in [4.78, 5) is 3.68. The van der Waals surface area contributed by atoms with E-state index in [9.17, 15) is 0 Å². The van der Waals surface area contributed by atoms with Crippen molar-refractivity contribution in [1.82, 2.24) is 10.2 Å². The van der Waals surface area contributed by atoms with Gasteiger partial charge in [0.25, 0.3) is 0 Å². The smallest absolute Gasteiger partial charge is 0.122 e. The van der Waals surface area contributed by atoms with Crippen molar-refractivity contribution in [1.29, 1.82) is 0 Å². The Morgan fingerprint density at radius 3 is 2.50 bits per heavy atom. The van der Waals surface area contributed by atoms with Crippen LogP contribution in [-0.2, 0) is 13.2 Å². The van der Waals surface area contributed by atoms with Crippen LogP contribution >= 0.6 is 11.3 Å². The van der Waals surface area contributed by atoms with Crippen molar-refractivity contribution in [3.8, 4) is 5.75 Å². The highest BCUT2D eigenvalue weighted by atomic mass is 32.1. The summed E-state index contributed by atoms with van der Waals surface area (Å²) in [6.45, 7) is 10.3. The molecule has 0 aliphatic carbocycles. The van der Waals surface area contributed by atoms with Gasteiger partial charge < -0.3 is 15.0 Å². The van der Waals surface area contributed by atoms with Crippen LogP contribution in [0.3, 0.4) is 0 Å². The van der Waals surface area contributed by atoms with Crippen molar-refractivity contribution < 1.29 is 4.74 Å². The number of likely N-dealkylation sites (N-methyl/N-ethyl adjacent to an activating group) is 1. The molecule has 2 rings (SSSR count). The molecule has 0 spiro atoms. The SMILES string of the molecule is CCN(CC)CCNCc1ccc(OCc2cccs2)cc1. The summed E-state index contributed by atoms with van der Waals surface area (Å²) in [6.07, 6.45) is 0. The molecule has 2 aromatic rings. The highest BCUT2D eigenvalue weighted by molar-refractivity contribution is 7.09. The standard InChI is InChI=1S/C18H26N2OS/c1-3-20(4-2)12-11-19-14-16-7-9-17(10-8-16)21-15-18-6-5-13-22-18/h5-10,13,19H,3-4,11-12,14-15H2,1-2H3. The Labute approximate surface area is 137 Å². The lowest BCUT2D eigenvalue weighted by atomic mass is 10.2. The summed E-state index contributed by atoms with van der Waals surface area (Å²) < 4.78 is 5.77. The maximum Gasteiger partial charge on any atom is 0.122 e. The van der Waals surface area contributed by atoms with Gasteiger partial charge in [-0.2, -0.15) is 0 Å². The van der Waals surface area contributed by atoms with Crippen molar-refractivity contribution in [2.24, 2.45) is 0 Å². The van der Waals surface area contributed by atoms with Crippen molar-refractivity contribution in [3.05, 3.63) is 52.2 Å². The highest BCUT2D eigenvalue weighted by Gasteiger charge is 2.00. The van der Waals surface area contributed by atoms with Gasteiger partial charge in [0, 0.05) is 24.5 Å². The molecule has 0 bridgehead atoms. The minimum Gasteiger partial charge on any atom is -0.488 e. The number of benzene rings is 1. The van der Waals surface area contributed by atoms with Crippen LogP contribution in [-0.4, -0.2) is 31.1 Å². The molecule has 0 atom stereocenters. The lowest BCUT2D eigenvalue weighted by molar-refractivity contribution is 0.302. The topological polar surface area (TPSA) is 24.5 Å². The van der Waals surface area contributed by atoms with Gasteiger partial charge in [0.15, 0.2) is 0 Å². The third kappa shape index (κ3) is 5.79. The first-order valence-corrected chi connectivity index (χ1v) is 8.87. The molecule has 3 nitrogen and oxygen atoms in total. The van der Waals surface area contributed by atoms with Crippen LogP contribution in [0.25, 0.3) is 0 Å². The Morgan fingerprint density at radius 2 is 1.86 bits per heavy atom. The van der Waals surface area contributed by atoms with Crippen LogP contribution in [0, 0.1) is 0 Å². The number of hydrogen-bond acceptors (Lipinski definition) is 4. The zero-order valence-corrected chi connectivity index (χ0v) is 14.4. The molecular weight excluding hydrogens is 292 g/mol. The summed E-state index contributed by atoms with van der Waals surface area (Å²) in [5.74, 6) is 0.931. The van der Waals surface area contributed by atoms with E-state index in [1.807, 2.05) is 0 Å². The molecule has 0 saturated carbocycles. The number of thiophene rings is 1. The number of nitrogens with one attached hydrogen (secondary N) is 1. The molecule has 22 heavy (non-hydrogen) atoms. The van der Waals surface area contributed by atoms with E-state index >= 15 is 0 Å². The molecule has 0 unspecified atom stereocenters. The van der Waals surface area contributed by atoms with E-state index in [4.69, 9.17) is 4.74 Å². The largest absolute Gasteiger partial charge is 0.488 e. The van der Waals surface area contributed by atoms with Gasteiger partial charge in [0.1, 0.15) is 12.4 Å². The molecule has 4 heteroatoms. The van der Waals surface area contributed by atoms with Crippen LogP contribution in [0.4, 0.5) is 0 Å². The van der Waals surface area contributed by atoms with Crippen LogP contribution in [0.5, 0.6) is 5.75 Å². The first kappa shape index (κ1) is 17.0. The molecule has 0 aliphatic rings. The van der Waals surface area contributed by atoms with Crippen molar-refractivity contribution in [2.75, 3.05) is 26.2 Å². The third-order valence-electron chi connectivity index (χ3n) is 3.71. The Kier molecular flexibility index (Phi) is 7.43. The van der Waals surface area contributed by atoms with Crippen molar-refractivity contribution in [3.63, 3.8) is 0 Å². The molecule has 1 aromatic heterocycles. The van der Waals surface area contributed by atoms with E-state index in [0.29, 0.717) is 6.61 Å². The van der Waals surface area contributed by atoms with Crippen LogP contribution < -0.4 is 10.1 Å². The molecule has 0 amide bonds. The second kappa shape index (κ2) is 9.62. The van der Waals surface area contributed by atoms with Gasteiger partial charge in [-0.25, -0.2) is 0 Å². The van der Waals surface area contributed by atoms with Crippen molar-refractivity contribution in [2.45, 2.75) is 27.0 Å². The normalized spacial score (nSPS) is 11.0. The summed E-state index contributed by atoms with van der Waals surface area (Å²) in [6, 6.07) is 12.5. The van der Waals surface area contributed by atoms with Gasteiger partial charge in [-0.1, -0.05) is 32.0 Å². The molecule has 0 saturated heterocycles. The van der Waals surface area contributed by atoms with Gasteiger partial charge in [-0.3, -0.25) is 0 Å². The average Bonchev–Trinajstić information content (AvgIpc) is 3.08. The Bertz CT molecular complexity index is 506. The monoisotopic (exact) mass is 318 g/mol. The lowest BCUT2D eigenvalue weighted by Gasteiger charge is -2.18. The molecule has 1 heterocycles. The van der Waals surface area contributed by atoms with Crippen molar-refractivity contribution >= 4 is 11.3 Å². The average molecular weight is 318 g/mol. The fourth-order valence-corrected chi connectivity index (χ4v) is 2.88. The number of hydrogen-bond donors (Lipinski definition) is 1. The number of nitrogens with zero attached hydrogens (tertiary/aromatic N) is 1. The Hall–Kier alpha value is -1.36. The second-order valence-corrected chi connectivity index (χ2v) is 6.25. The predicted octanol–water partition coefficient (Wildman–Crippen LogP) is 3.76. The van der Waals surface area contributed by atoms with Crippen LogP contribution in [0.15, 0.2) is 41.8 Å². The first-order chi connectivity index (χ1) is 10.8. The molecule has 0 radical (unpaired) electrons. The number of ether oxygens (including phenoxy) is 1. The second-order valence-electron chi connectivity index (χ2n) is 5.22. The summed E-state index contributed by atoms with van der Waals surface area (Å²) in [5, 5.41) is 5.57. The van der Waals surface area contributed by atoms with Crippen LogP contribution in [0.1, 0.15) is 24.3 Å². The predicted molar refractivity (Wildman–Crippen MR) is 94.6 cm³/mol. The molecule has 0 aliphatic heterocycles. The van der Waals surface area contributed by atoms with E-state index in [1.165, 1.54) is 10.4 Å². The van der Waals surface area contributed by atoms with E-state index in [0.717, 1.165) is 38.5 Å². The van der Waals surface area contributed by atoms with E-state index in [1.54, 1.807) is 11.3 Å². The maximum absolute atomic E-state index is 5.77. The van der Waals surface area contributed by atoms with Gasteiger partial charge >= 0.3 is 0 Å². The Balaban J connectivity index is 1.68. The summed E-state index contributed by atoms with van der Waals surface area (Å²) in [7, 11) is 0. The zero-order valence-electron chi connectivity index (χ0n) is 13.5. The fourth-order valence-electron chi connectivity index (χ4n) is 2.26. The molecule has 1 N–H and O–H groups in total. The lowest BCUT2D eigenvalue weighted by Crippen LogP contribution is -2.31. The van der Waals surface area contributed by atoms with E-state index in [-0.39, 0.29) is 0 Å². The minimum absolute atomic E-state index is 0.652. The summed E-state index contributed by atoms with van der Waals surface area (Å²) >= 11 is 1.73. The van der Waals surface area contributed by atoms with E-state index in [2.05, 4.69) is 65.8 Å².